The number of thiophene rings is 1. The van der Waals surface area contributed by atoms with Crippen LogP contribution in [0.5, 0.6) is 0 Å². The van der Waals surface area contributed by atoms with Crippen molar-refractivity contribution in [1.82, 2.24) is 4.72 Å². The van der Waals surface area contributed by atoms with Crippen LogP contribution in [-0.2, 0) is 10.0 Å². The molecule has 11 heteroatoms. The second kappa shape index (κ2) is 7.29. The van der Waals surface area contributed by atoms with Crippen LogP contribution in [-0.4, -0.2) is 19.7 Å². The molecule has 4 nitrogen and oxygen atoms in total. The summed E-state index contributed by atoms with van der Waals surface area (Å²) in [6.45, 7) is 4.19. The lowest BCUT2D eigenvalue weighted by Gasteiger charge is -2.09. The number of nitrogens with one attached hydrogen (secondary N) is 1. The fourth-order valence-corrected chi connectivity index (χ4v) is 5.40. The Morgan fingerprint density at radius 2 is 2.04 bits per heavy atom. The van der Waals surface area contributed by atoms with Crippen LogP contribution in [0.2, 0.25) is 4.34 Å². The van der Waals surface area contributed by atoms with Crippen LogP contribution in [0.3, 0.4) is 0 Å². The zero-order chi connectivity index (χ0) is 18.0. The largest absolute Gasteiger partial charge is 0.512 e. The first-order valence-corrected chi connectivity index (χ1v) is 9.13. The Bertz CT molecular complexity index is 778. The number of halogens is 5. The Morgan fingerprint density at radius 1 is 1.48 bits per heavy atom. The van der Waals surface area contributed by atoms with Crippen molar-refractivity contribution >= 4 is 48.9 Å². The SMILES string of the molecule is C=C(/C=C\C(=C(/C)O)C(F)(F)F)NS(=O)(=O)c1sc(Cl)cc1Br. The Kier molecular flexibility index (Phi) is 6.36. The molecule has 2 N–H and O–H groups in total. The van der Waals surface area contributed by atoms with Crippen molar-refractivity contribution in [3.8, 4) is 0 Å². The minimum atomic E-state index is -4.78. The molecule has 0 atom stereocenters. The molecule has 0 saturated heterocycles. The molecule has 0 bridgehead atoms. The molecule has 0 aliphatic rings. The van der Waals surface area contributed by atoms with Crippen molar-refractivity contribution in [2.75, 3.05) is 0 Å². The van der Waals surface area contributed by atoms with Crippen LogP contribution in [0.15, 0.2) is 50.5 Å². The average Bonchev–Trinajstić information content (AvgIpc) is 2.66. The standard InChI is InChI=1S/C12H10BrClF3NO3S2/c1-6(3-4-8(7(2)19)12(15,16)17)18-23(20,21)11-9(13)5-10(14)22-11/h3-5,18-19H,1H2,2H3/b4-3-,8-7-. The van der Waals surface area contributed by atoms with E-state index >= 15 is 0 Å². The number of alkyl halides is 3. The monoisotopic (exact) mass is 451 g/mol. The fraction of sp³-hybridized carbons (Fsp3) is 0.167. The lowest BCUT2D eigenvalue weighted by atomic mass is 10.2. The zero-order valence-corrected chi connectivity index (χ0v) is 15.4. The third kappa shape index (κ3) is 5.55. The van der Waals surface area contributed by atoms with Crippen molar-refractivity contribution in [2.45, 2.75) is 17.3 Å². The van der Waals surface area contributed by atoms with Gasteiger partial charge in [-0.05, 0) is 41.1 Å². The van der Waals surface area contributed by atoms with E-state index in [2.05, 4.69) is 22.5 Å². The van der Waals surface area contributed by atoms with E-state index in [-0.39, 0.29) is 18.7 Å². The summed E-state index contributed by atoms with van der Waals surface area (Å²) in [4.78, 5) is 0. The van der Waals surface area contributed by atoms with Gasteiger partial charge in [0.2, 0.25) is 0 Å². The Labute approximate surface area is 148 Å². The van der Waals surface area contributed by atoms with Gasteiger partial charge >= 0.3 is 6.18 Å². The van der Waals surface area contributed by atoms with Crippen molar-refractivity contribution in [3.63, 3.8) is 0 Å². The van der Waals surface area contributed by atoms with E-state index in [0.29, 0.717) is 6.08 Å². The van der Waals surface area contributed by atoms with Gasteiger partial charge in [-0.25, -0.2) is 8.42 Å². The van der Waals surface area contributed by atoms with Crippen molar-refractivity contribution in [3.05, 3.63) is 50.6 Å². The number of aliphatic hydroxyl groups excluding tert-OH is 1. The van der Waals surface area contributed by atoms with Gasteiger partial charge in [0.25, 0.3) is 10.0 Å². The highest BCUT2D eigenvalue weighted by Gasteiger charge is 2.34. The number of aliphatic hydroxyl groups is 1. The van der Waals surface area contributed by atoms with Gasteiger partial charge in [0, 0.05) is 5.70 Å². The predicted octanol–water partition coefficient (Wildman–Crippen LogP) is 4.91. The summed E-state index contributed by atoms with van der Waals surface area (Å²) in [5.41, 5.74) is -1.62. The molecule has 1 heterocycles. The zero-order valence-electron chi connectivity index (χ0n) is 11.4. The van der Waals surface area contributed by atoms with E-state index in [4.69, 9.17) is 16.7 Å². The third-order valence-electron chi connectivity index (χ3n) is 2.28. The topological polar surface area (TPSA) is 66.4 Å². The van der Waals surface area contributed by atoms with Crippen molar-refractivity contribution < 1.29 is 26.7 Å². The van der Waals surface area contributed by atoms with Crippen molar-refractivity contribution in [1.29, 1.82) is 0 Å². The van der Waals surface area contributed by atoms with E-state index in [0.717, 1.165) is 24.3 Å². The lowest BCUT2D eigenvalue weighted by molar-refractivity contribution is -0.0907. The molecule has 0 spiro atoms. The number of hydrogen-bond donors (Lipinski definition) is 2. The van der Waals surface area contributed by atoms with E-state index < -0.39 is 27.5 Å². The average molecular weight is 453 g/mol. The Balaban J connectivity index is 2.99. The number of hydrogen-bond acceptors (Lipinski definition) is 4. The third-order valence-corrected chi connectivity index (χ3v) is 6.64. The maximum absolute atomic E-state index is 12.6. The van der Waals surface area contributed by atoms with Crippen LogP contribution >= 0.6 is 38.9 Å². The summed E-state index contributed by atoms with van der Waals surface area (Å²) >= 11 is 9.49. The van der Waals surface area contributed by atoms with Gasteiger partial charge in [0.1, 0.15) is 5.76 Å². The first-order chi connectivity index (χ1) is 10.3. The van der Waals surface area contributed by atoms with Gasteiger partial charge < -0.3 is 5.11 Å². The summed E-state index contributed by atoms with van der Waals surface area (Å²) in [5, 5.41) is 9.03. The number of allylic oxidation sites excluding steroid dienone is 4. The summed E-state index contributed by atoms with van der Waals surface area (Å²) in [6, 6.07) is 1.37. The minimum Gasteiger partial charge on any atom is -0.512 e. The number of sulfonamides is 1. The molecule has 0 unspecified atom stereocenters. The van der Waals surface area contributed by atoms with Gasteiger partial charge in [0.15, 0.2) is 4.21 Å². The van der Waals surface area contributed by atoms with Crippen LogP contribution < -0.4 is 4.72 Å². The molecular weight excluding hydrogens is 443 g/mol. The van der Waals surface area contributed by atoms with Crippen LogP contribution in [0.25, 0.3) is 0 Å². The second-order valence-electron chi connectivity index (χ2n) is 4.15. The van der Waals surface area contributed by atoms with Gasteiger partial charge in [-0.2, -0.15) is 13.2 Å². The molecule has 1 aromatic heterocycles. The van der Waals surface area contributed by atoms with Gasteiger partial charge in [0.05, 0.1) is 14.4 Å². The Hall–Kier alpha value is -0.970. The molecule has 0 amide bonds. The molecule has 0 aliphatic carbocycles. The minimum absolute atomic E-state index is 0.137. The summed E-state index contributed by atoms with van der Waals surface area (Å²) in [6.07, 6.45) is -3.46. The molecule has 23 heavy (non-hydrogen) atoms. The van der Waals surface area contributed by atoms with Gasteiger partial charge in [-0.1, -0.05) is 18.2 Å². The van der Waals surface area contributed by atoms with Gasteiger partial charge in [-0.3, -0.25) is 4.72 Å². The van der Waals surface area contributed by atoms with E-state index in [1.54, 1.807) is 0 Å². The van der Waals surface area contributed by atoms with E-state index in [9.17, 15) is 21.6 Å². The smallest absolute Gasteiger partial charge is 0.419 e. The molecule has 0 fully saturated rings. The Morgan fingerprint density at radius 3 is 2.43 bits per heavy atom. The van der Waals surface area contributed by atoms with Crippen LogP contribution in [0, 0.1) is 0 Å². The van der Waals surface area contributed by atoms with Gasteiger partial charge in [-0.15, -0.1) is 11.3 Å². The molecule has 0 radical (unpaired) electrons. The molecule has 1 aromatic rings. The highest BCUT2D eigenvalue weighted by Crippen LogP contribution is 2.34. The summed E-state index contributed by atoms with van der Waals surface area (Å²) in [5.74, 6) is -0.947. The molecule has 0 aromatic carbocycles. The quantitative estimate of drug-likeness (QED) is 0.493. The highest BCUT2D eigenvalue weighted by molar-refractivity contribution is 9.10. The van der Waals surface area contributed by atoms with E-state index in [1.807, 2.05) is 4.72 Å². The highest BCUT2D eigenvalue weighted by atomic mass is 79.9. The maximum Gasteiger partial charge on any atom is 0.419 e. The van der Waals surface area contributed by atoms with Crippen molar-refractivity contribution in [2.24, 2.45) is 0 Å². The second-order valence-corrected chi connectivity index (χ2v) is 8.56. The van der Waals surface area contributed by atoms with Crippen LogP contribution in [0.4, 0.5) is 13.2 Å². The molecule has 0 aliphatic heterocycles. The van der Waals surface area contributed by atoms with Crippen LogP contribution in [0.1, 0.15) is 6.92 Å². The molecule has 1 rings (SSSR count). The predicted molar refractivity (Wildman–Crippen MR) is 87.0 cm³/mol. The number of rotatable bonds is 5. The normalized spacial score (nSPS) is 14.0. The summed E-state index contributed by atoms with van der Waals surface area (Å²) in [7, 11) is -4.05. The molecular formula is C12H10BrClF3NO3S2. The summed E-state index contributed by atoms with van der Waals surface area (Å²) < 4.78 is 64.4. The van der Waals surface area contributed by atoms with E-state index in [1.165, 1.54) is 6.07 Å². The molecule has 128 valence electrons. The maximum atomic E-state index is 12.6. The first-order valence-electron chi connectivity index (χ1n) is 5.66. The molecule has 0 saturated carbocycles. The fourth-order valence-electron chi connectivity index (χ4n) is 1.37. The lowest BCUT2D eigenvalue weighted by Crippen LogP contribution is -2.21. The first kappa shape index (κ1) is 20.1.